The van der Waals surface area contributed by atoms with Crippen molar-refractivity contribution in [3.05, 3.63) is 11.5 Å². The normalized spacial score (nSPS) is 17.0. The van der Waals surface area contributed by atoms with E-state index in [9.17, 15) is 0 Å². The number of halogens is 1. The van der Waals surface area contributed by atoms with Crippen LogP contribution in [0, 0.1) is 12.8 Å². The highest BCUT2D eigenvalue weighted by molar-refractivity contribution is 6.16. The number of hydrogen-bond donors (Lipinski definition) is 0. The molecule has 0 spiro atoms. The quantitative estimate of drug-likeness (QED) is 0.754. The van der Waals surface area contributed by atoms with E-state index in [-0.39, 0.29) is 0 Å². The molecule has 4 nitrogen and oxygen atoms in total. The Morgan fingerprint density at radius 1 is 1.35 bits per heavy atom. The van der Waals surface area contributed by atoms with E-state index in [1.54, 1.807) is 0 Å². The van der Waals surface area contributed by atoms with Gasteiger partial charge in [-0.3, -0.25) is 0 Å². The molecule has 5 heteroatoms. The molecule has 2 aromatic rings. The van der Waals surface area contributed by atoms with Crippen molar-refractivity contribution in [2.75, 3.05) is 0 Å². The third kappa shape index (κ3) is 2.24. The van der Waals surface area contributed by atoms with Crippen LogP contribution >= 0.6 is 11.6 Å². The number of hydrogen-bond acceptors (Lipinski definition) is 2. The van der Waals surface area contributed by atoms with Crippen molar-refractivity contribution in [2.45, 2.75) is 64.9 Å². The fourth-order valence-electron chi connectivity index (χ4n) is 3.13. The van der Waals surface area contributed by atoms with Crippen molar-refractivity contribution in [2.24, 2.45) is 5.92 Å². The third-order valence-electron chi connectivity index (χ3n) is 4.37. The molecule has 0 radical (unpaired) electrons. The fourth-order valence-corrected chi connectivity index (χ4v) is 3.31. The summed E-state index contributed by atoms with van der Waals surface area (Å²) >= 11 is 6.15. The second kappa shape index (κ2) is 5.40. The molecule has 0 saturated heterocycles. The largest absolute Gasteiger partial charge is 0.309 e. The molecule has 20 heavy (non-hydrogen) atoms. The van der Waals surface area contributed by atoms with Crippen LogP contribution in [0.25, 0.3) is 11.2 Å². The number of aromatic nitrogens is 4. The third-order valence-corrected chi connectivity index (χ3v) is 4.61. The van der Waals surface area contributed by atoms with Crippen molar-refractivity contribution in [3.63, 3.8) is 0 Å². The Bertz CT molecular complexity index is 609. The summed E-state index contributed by atoms with van der Waals surface area (Å²) in [5.74, 6) is 2.37. The lowest BCUT2D eigenvalue weighted by Gasteiger charge is -2.20. The van der Waals surface area contributed by atoms with Crippen molar-refractivity contribution >= 4 is 22.8 Å². The Hall–Kier alpha value is -1.03. The zero-order chi connectivity index (χ0) is 14.3. The van der Waals surface area contributed by atoms with Gasteiger partial charge in [0.05, 0.1) is 11.6 Å². The molecule has 2 aromatic heterocycles. The Morgan fingerprint density at radius 3 is 2.65 bits per heavy atom. The predicted molar refractivity (Wildman–Crippen MR) is 82.2 cm³/mol. The molecular formula is C15H23ClN4. The smallest absolute Gasteiger partial charge is 0.159 e. The van der Waals surface area contributed by atoms with E-state index in [4.69, 9.17) is 16.6 Å². The number of fused-ring (bicyclic) bond motifs is 1. The molecule has 110 valence electrons. The number of rotatable bonds is 6. The summed E-state index contributed by atoms with van der Waals surface area (Å²) in [5, 5.41) is 4.61. The first-order valence-electron chi connectivity index (χ1n) is 7.69. The first-order chi connectivity index (χ1) is 9.69. The minimum Gasteiger partial charge on any atom is -0.309 e. The van der Waals surface area contributed by atoms with Gasteiger partial charge in [0, 0.05) is 12.6 Å². The van der Waals surface area contributed by atoms with Gasteiger partial charge in [-0.1, -0.05) is 19.8 Å². The second-order valence-electron chi connectivity index (χ2n) is 5.85. The maximum absolute atomic E-state index is 6.15. The van der Waals surface area contributed by atoms with Gasteiger partial charge in [0.1, 0.15) is 11.3 Å². The zero-order valence-corrected chi connectivity index (χ0v) is 13.3. The molecule has 1 fully saturated rings. The highest BCUT2D eigenvalue weighted by Crippen LogP contribution is 2.39. The van der Waals surface area contributed by atoms with Crippen LogP contribution in [0.5, 0.6) is 0 Å². The number of alkyl halides is 1. The summed E-state index contributed by atoms with van der Waals surface area (Å²) in [6, 6.07) is 0.502. The van der Waals surface area contributed by atoms with Gasteiger partial charge >= 0.3 is 0 Å². The number of imidazole rings is 1. The lowest BCUT2D eigenvalue weighted by molar-refractivity contribution is 0.421. The first kappa shape index (κ1) is 13.9. The molecule has 2 heterocycles. The highest BCUT2D eigenvalue weighted by atomic mass is 35.5. The molecule has 3 rings (SSSR count). The van der Waals surface area contributed by atoms with Crippen molar-refractivity contribution in [1.82, 2.24) is 19.3 Å². The highest BCUT2D eigenvalue weighted by Gasteiger charge is 2.29. The first-order valence-corrected chi connectivity index (χ1v) is 8.23. The summed E-state index contributed by atoms with van der Waals surface area (Å²) in [5.41, 5.74) is 3.19. The van der Waals surface area contributed by atoms with E-state index >= 15 is 0 Å². The summed E-state index contributed by atoms with van der Waals surface area (Å²) < 4.78 is 4.44. The Morgan fingerprint density at radius 2 is 2.10 bits per heavy atom. The number of nitrogens with zero attached hydrogens (tertiary/aromatic N) is 4. The number of aryl methyl sites for hydroxylation is 2. The topological polar surface area (TPSA) is 35.6 Å². The average Bonchev–Trinajstić information content (AvgIpc) is 3.11. The van der Waals surface area contributed by atoms with Crippen molar-refractivity contribution in [3.8, 4) is 0 Å². The van der Waals surface area contributed by atoms with Crippen LogP contribution < -0.4 is 0 Å². The molecule has 0 bridgehead atoms. The van der Waals surface area contributed by atoms with E-state index < -0.39 is 0 Å². The van der Waals surface area contributed by atoms with Crippen LogP contribution in [-0.4, -0.2) is 19.3 Å². The molecule has 0 N–H and O–H groups in total. The van der Waals surface area contributed by atoms with Gasteiger partial charge in [0.2, 0.25) is 0 Å². The maximum Gasteiger partial charge on any atom is 0.159 e. The van der Waals surface area contributed by atoms with E-state index in [1.807, 2.05) is 6.92 Å². The fraction of sp³-hybridized carbons (Fsp3) is 0.733. The lowest BCUT2D eigenvalue weighted by atomic mass is 10.1. The maximum atomic E-state index is 6.15. The molecule has 1 saturated carbocycles. The molecule has 0 amide bonds. The van der Waals surface area contributed by atoms with E-state index in [0.717, 1.165) is 41.6 Å². The zero-order valence-electron chi connectivity index (χ0n) is 12.6. The summed E-state index contributed by atoms with van der Waals surface area (Å²) in [4.78, 5) is 4.74. The Labute approximate surface area is 125 Å². The van der Waals surface area contributed by atoms with Gasteiger partial charge < -0.3 is 4.57 Å². The van der Waals surface area contributed by atoms with Crippen LogP contribution in [0.2, 0.25) is 0 Å². The van der Waals surface area contributed by atoms with Gasteiger partial charge in [-0.15, -0.1) is 11.6 Å². The standard InChI is InChI=1S/C15H23ClN4/c1-4-12(8-11-6-7-11)20-13(9-16)17-14-10(3)18-19(5-2)15(14)20/h11-12H,4-9H2,1-3H3. The van der Waals surface area contributed by atoms with Gasteiger partial charge in [0.25, 0.3) is 0 Å². The molecule has 0 aromatic carbocycles. The van der Waals surface area contributed by atoms with Crippen molar-refractivity contribution in [1.29, 1.82) is 0 Å². The summed E-state index contributed by atoms with van der Waals surface area (Å²) in [6.07, 6.45) is 5.15. The molecule has 1 atom stereocenters. The van der Waals surface area contributed by atoms with Crippen LogP contribution in [-0.2, 0) is 12.4 Å². The lowest BCUT2D eigenvalue weighted by Crippen LogP contribution is -2.15. The van der Waals surface area contributed by atoms with Gasteiger partial charge in [-0.2, -0.15) is 5.10 Å². The van der Waals surface area contributed by atoms with Crippen molar-refractivity contribution < 1.29 is 0 Å². The molecule has 1 aliphatic rings. The van der Waals surface area contributed by atoms with Gasteiger partial charge in [-0.25, -0.2) is 9.67 Å². The van der Waals surface area contributed by atoms with Gasteiger partial charge in [0.15, 0.2) is 5.65 Å². The summed E-state index contributed by atoms with van der Waals surface area (Å²) in [7, 11) is 0. The molecular weight excluding hydrogens is 272 g/mol. The van der Waals surface area contributed by atoms with Gasteiger partial charge in [-0.05, 0) is 32.6 Å². The SMILES string of the molecule is CCC(CC1CC1)n1c(CCl)nc2c(C)nn(CC)c21. The van der Waals surface area contributed by atoms with Crippen LogP contribution in [0.3, 0.4) is 0 Å². The van der Waals surface area contributed by atoms with E-state index in [0.29, 0.717) is 11.9 Å². The Kier molecular flexibility index (Phi) is 3.76. The Balaban J connectivity index is 2.13. The average molecular weight is 295 g/mol. The minimum absolute atomic E-state index is 0.471. The van der Waals surface area contributed by atoms with Crippen LogP contribution in [0.4, 0.5) is 0 Å². The van der Waals surface area contributed by atoms with Crippen LogP contribution in [0.1, 0.15) is 57.1 Å². The summed E-state index contributed by atoms with van der Waals surface area (Å²) in [6.45, 7) is 7.30. The molecule has 1 aliphatic carbocycles. The molecule has 1 unspecified atom stereocenters. The minimum atomic E-state index is 0.471. The monoisotopic (exact) mass is 294 g/mol. The van der Waals surface area contributed by atoms with Crippen LogP contribution in [0.15, 0.2) is 0 Å². The van der Waals surface area contributed by atoms with E-state index in [1.165, 1.54) is 19.3 Å². The van der Waals surface area contributed by atoms with E-state index in [2.05, 4.69) is 28.2 Å². The molecule has 0 aliphatic heterocycles. The predicted octanol–water partition coefficient (Wildman–Crippen LogP) is 4.05. The second-order valence-corrected chi connectivity index (χ2v) is 6.11.